The van der Waals surface area contributed by atoms with Crippen molar-refractivity contribution in [2.75, 3.05) is 0 Å². The van der Waals surface area contributed by atoms with E-state index < -0.39 is 17.7 Å². The van der Waals surface area contributed by atoms with Gasteiger partial charge < -0.3 is 15.0 Å². The maximum Gasteiger partial charge on any atom is 0.416 e. The van der Waals surface area contributed by atoms with Crippen molar-refractivity contribution in [3.63, 3.8) is 0 Å². The van der Waals surface area contributed by atoms with Crippen LogP contribution in [0.1, 0.15) is 37.4 Å². The fraction of sp³-hybridized carbons (Fsp3) is 0.100. The average Bonchev–Trinajstić information content (AvgIpc) is 3.34. The maximum atomic E-state index is 13.5. The van der Waals surface area contributed by atoms with Crippen LogP contribution in [-0.2, 0) is 19.3 Å². The zero-order chi connectivity index (χ0) is 27.6. The number of aromatic carboxylic acids is 1. The van der Waals surface area contributed by atoms with E-state index >= 15 is 0 Å². The Balaban J connectivity index is 1.49. The number of alkyl halides is 3. The highest BCUT2D eigenvalue weighted by molar-refractivity contribution is 6.07. The number of aromatic nitrogens is 2. The van der Waals surface area contributed by atoms with E-state index in [0.29, 0.717) is 22.3 Å². The average molecular weight is 530 g/mol. The van der Waals surface area contributed by atoms with Crippen molar-refractivity contribution in [3.05, 3.63) is 125 Å². The molecule has 5 rings (SSSR count). The van der Waals surface area contributed by atoms with E-state index in [2.05, 4.69) is 10.3 Å². The molecule has 6 nitrogen and oxygen atoms in total. The van der Waals surface area contributed by atoms with Crippen LogP contribution in [0.4, 0.5) is 13.2 Å². The summed E-state index contributed by atoms with van der Waals surface area (Å²) in [4.78, 5) is 29.0. The topological polar surface area (TPSA) is 84.2 Å². The Bertz CT molecular complexity index is 1640. The van der Waals surface area contributed by atoms with Gasteiger partial charge in [-0.1, -0.05) is 30.3 Å². The second-order valence-corrected chi connectivity index (χ2v) is 9.00. The summed E-state index contributed by atoms with van der Waals surface area (Å²) in [7, 11) is 0. The monoisotopic (exact) mass is 529 g/mol. The maximum absolute atomic E-state index is 13.5. The molecular formula is C30H22F3N3O3. The molecule has 2 aromatic heterocycles. The third kappa shape index (κ3) is 5.67. The molecular weight excluding hydrogens is 507 g/mol. The summed E-state index contributed by atoms with van der Waals surface area (Å²) >= 11 is 0. The Morgan fingerprint density at radius 1 is 0.897 bits per heavy atom. The minimum atomic E-state index is -4.42. The molecule has 0 aliphatic rings. The fourth-order valence-corrected chi connectivity index (χ4v) is 4.37. The number of hydrogen-bond donors (Lipinski definition) is 2. The number of carboxylic acid groups (broad SMARTS) is 1. The number of halogens is 3. The number of hydrogen-bond acceptors (Lipinski definition) is 3. The number of pyridine rings is 1. The zero-order valence-electron chi connectivity index (χ0n) is 20.4. The van der Waals surface area contributed by atoms with E-state index in [9.17, 15) is 22.8 Å². The van der Waals surface area contributed by atoms with Crippen molar-refractivity contribution < 1.29 is 27.9 Å². The lowest BCUT2D eigenvalue weighted by Gasteiger charge is -2.13. The van der Waals surface area contributed by atoms with E-state index in [1.165, 1.54) is 24.3 Å². The summed E-state index contributed by atoms with van der Waals surface area (Å²) in [5.74, 6) is -1.39. The molecule has 0 radical (unpaired) electrons. The van der Waals surface area contributed by atoms with Gasteiger partial charge in [-0.15, -0.1) is 0 Å². The summed E-state index contributed by atoms with van der Waals surface area (Å²) in [5, 5.41) is 12.8. The summed E-state index contributed by atoms with van der Waals surface area (Å²) in [6.07, 6.45) is -0.957. The molecule has 1 amide bonds. The Labute approximate surface area is 221 Å². The van der Waals surface area contributed by atoms with E-state index in [-0.39, 0.29) is 24.6 Å². The van der Waals surface area contributed by atoms with Gasteiger partial charge in [0, 0.05) is 36.4 Å². The number of fused-ring (bicyclic) bond motifs is 1. The number of rotatable bonds is 7. The van der Waals surface area contributed by atoms with Gasteiger partial charge in [-0.2, -0.15) is 13.2 Å². The zero-order valence-corrected chi connectivity index (χ0v) is 20.4. The second kappa shape index (κ2) is 10.4. The lowest BCUT2D eigenvalue weighted by atomic mass is 10.0. The summed E-state index contributed by atoms with van der Waals surface area (Å²) < 4.78 is 40.8. The Morgan fingerprint density at radius 2 is 1.62 bits per heavy atom. The Kier molecular flexibility index (Phi) is 6.89. The number of nitrogens with one attached hydrogen (secondary N) is 1. The van der Waals surface area contributed by atoms with Crippen molar-refractivity contribution in [1.29, 1.82) is 0 Å². The van der Waals surface area contributed by atoms with Crippen molar-refractivity contribution in [1.82, 2.24) is 14.9 Å². The van der Waals surface area contributed by atoms with Crippen LogP contribution in [0.15, 0.2) is 97.3 Å². The van der Waals surface area contributed by atoms with Crippen LogP contribution < -0.4 is 5.32 Å². The van der Waals surface area contributed by atoms with E-state index in [0.717, 1.165) is 28.6 Å². The van der Waals surface area contributed by atoms with E-state index in [4.69, 9.17) is 5.11 Å². The van der Waals surface area contributed by atoms with Gasteiger partial charge >= 0.3 is 12.1 Å². The van der Waals surface area contributed by atoms with Crippen LogP contribution in [-0.4, -0.2) is 26.5 Å². The lowest BCUT2D eigenvalue weighted by molar-refractivity contribution is -0.137. The van der Waals surface area contributed by atoms with Crippen molar-refractivity contribution in [3.8, 4) is 11.3 Å². The summed E-state index contributed by atoms with van der Waals surface area (Å²) in [5.41, 5.74) is 3.25. The number of carbonyl (C=O) groups is 2. The Morgan fingerprint density at radius 3 is 2.26 bits per heavy atom. The molecule has 196 valence electrons. The van der Waals surface area contributed by atoms with Gasteiger partial charge in [0.2, 0.25) is 0 Å². The smallest absolute Gasteiger partial charge is 0.416 e. The molecule has 2 N–H and O–H groups in total. The number of amides is 1. The Hall–Kier alpha value is -4.92. The molecule has 0 aliphatic heterocycles. The molecule has 5 aromatic rings. The largest absolute Gasteiger partial charge is 0.478 e. The highest BCUT2D eigenvalue weighted by Gasteiger charge is 2.30. The van der Waals surface area contributed by atoms with Gasteiger partial charge in [-0.05, 0) is 65.7 Å². The van der Waals surface area contributed by atoms with Crippen molar-refractivity contribution in [2.45, 2.75) is 19.3 Å². The predicted molar refractivity (Wildman–Crippen MR) is 140 cm³/mol. The number of carboxylic acids is 1. The molecule has 3 aromatic carbocycles. The van der Waals surface area contributed by atoms with Gasteiger partial charge in [0.1, 0.15) is 0 Å². The number of benzene rings is 3. The minimum Gasteiger partial charge on any atom is -0.478 e. The molecule has 0 atom stereocenters. The molecule has 0 fully saturated rings. The first-order chi connectivity index (χ1) is 18.7. The SMILES string of the molecule is O=C(O)c1ccc(CNC(=O)c2cc(-c3ccccn3)cc3ccn(Cc4ccc(C(F)(F)F)cc4)c23)cc1. The standard InChI is InChI=1S/C30H22F3N3O3/c31-30(32,33)24-10-6-20(7-11-24)18-36-14-12-22-15-23(26-3-1-2-13-34-26)16-25(27(22)36)28(37)35-17-19-4-8-21(9-5-19)29(38)39/h1-16H,17-18H2,(H,35,37)(H,38,39). The first kappa shape index (κ1) is 25.7. The van der Waals surface area contributed by atoms with Crippen LogP contribution in [0.5, 0.6) is 0 Å². The van der Waals surface area contributed by atoms with Gasteiger partial charge in [0.15, 0.2) is 0 Å². The second-order valence-electron chi connectivity index (χ2n) is 9.00. The van der Waals surface area contributed by atoms with Crippen LogP contribution in [0.3, 0.4) is 0 Å². The molecule has 0 bridgehead atoms. The van der Waals surface area contributed by atoms with E-state index in [1.807, 2.05) is 28.8 Å². The molecule has 39 heavy (non-hydrogen) atoms. The molecule has 0 spiro atoms. The van der Waals surface area contributed by atoms with Crippen LogP contribution >= 0.6 is 0 Å². The number of nitrogens with zero attached hydrogens (tertiary/aromatic N) is 2. The molecule has 2 heterocycles. The van der Waals surface area contributed by atoms with Crippen molar-refractivity contribution >= 4 is 22.8 Å². The highest BCUT2D eigenvalue weighted by atomic mass is 19.4. The molecule has 9 heteroatoms. The minimum absolute atomic E-state index is 0.149. The quantitative estimate of drug-likeness (QED) is 0.256. The third-order valence-electron chi connectivity index (χ3n) is 6.35. The van der Waals surface area contributed by atoms with Gasteiger partial charge in [0.25, 0.3) is 5.91 Å². The first-order valence-electron chi connectivity index (χ1n) is 12.0. The van der Waals surface area contributed by atoms with Crippen LogP contribution in [0.2, 0.25) is 0 Å². The van der Waals surface area contributed by atoms with Gasteiger partial charge in [-0.25, -0.2) is 4.79 Å². The number of carbonyl (C=O) groups excluding carboxylic acids is 1. The van der Waals surface area contributed by atoms with Crippen LogP contribution in [0.25, 0.3) is 22.2 Å². The fourth-order valence-electron chi connectivity index (χ4n) is 4.37. The normalized spacial score (nSPS) is 11.5. The van der Waals surface area contributed by atoms with Crippen molar-refractivity contribution in [2.24, 2.45) is 0 Å². The first-order valence-corrected chi connectivity index (χ1v) is 12.0. The predicted octanol–water partition coefficient (Wildman–Crippen LogP) is 6.40. The van der Waals surface area contributed by atoms with E-state index in [1.54, 1.807) is 36.7 Å². The molecule has 0 aliphatic carbocycles. The molecule has 0 saturated heterocycles. The molecule has 0 unspecified atom stereocenters. The van der Waals surface area contributed by atoms with Crippen LogP contribution in [0, 0.1) is 0 Å². The third-order valence-corrected chi connectivity index (χ3v) is 6.35. The van der Waals surface area contributed by atoms with Gasteiger partial charge in [-0.3, -0.25) is 9.78 Å². The van der Waals surface area contributed by atoms with Gasteiger partial charge in [0.05, 0.1) is 27.9 Å². The lowest BCUT2D eigenvalue weighted by Crippen LogP contribution is -2.23. The summed E-state index contributed by atoms with van der Waals surface area (Å²) in [6.45, 7) is 0.440. The highest BCUT2D eigenvalue weighted by Crippen LogP contribution is 2.31. The summed E-state index contributed by atoms with van der Waals surface area (Å²) in [6, 6.07) is 22.2. The molecule has 0 saturated carbocycles.